The zero-order chi connectivity index (χ0) is 12.0. The number of benzene rings is 1. The Morgan fingerprint density at radius 2 is 1.81 bits per heavy atom. The van der Waals surface area contributed by atoms with Gasteiger partial charge in [-0.05, 0) is 35.8 Å². The van der Waals surface area contributed by atoms with E-state index >= 15 is 0 Å². The van der Waals surface area contributed by atoms with E-state index in [2.05, 4.69) is 51.6 Å². The van der Waals surface area contributed by atoms with Crippen LogP contribution in [0.25, 0.3) is 0 Å². The van der Waals surface area contributed by atoms with Crippen LogP contribution in [-0.4, -0.2) is 0 Å². The smallest absolute Gasteiger partial charge is 0.0219 e. The minimum Gasteiger partial charge on any atom is -0.103 e. The van der Waals surface area contributed by atoms with E-state index in [0.717, 1.165) is 12.3 Å². The Balaban J connectivity index is 2.63. The van der Waals surface area contributed by atoms with Crippen molar-refractivity contribution < 1.29 is 0 Å². The van der Waals surface area contributed by atoms with Gasteiger partial charge in [-0.2, -0.15) is 0 Å². The van der Waals surface area contributed by atoms with E-state index in [9.17, 15) is 0 Å². The fraction of sp³-hybridized carbons (Fsp3) is 0.500. The molecule has 0 amide bonds. The van der Waals surface area contributed by atoms with Crippen molar-refractivity contribution in [3.63, 3.8) is 0 Å². The molecule has 0 radical (unpaired) electrons. The molecule has 88 valence electrons. The van der Waals surface area contributed by atoms with Gasteiger partial charge < -0.3 is 0 Å². The Hall–Kier alpha value is -1.04. The molecule has 0 spiro atoms. The van der Waals surface area contributed by atoms with Crippen molar-refractivity contribution in [2.75, 3.05) is 0 Å². The number of hydrogen-bond acceptors (Lipinski definition) is 0. The molecule has 1 unspecified atom stereocenters. The molecular weight excluding hydrogens is 192 g/mol. The van der Waals surface area contributed by atoms with Crippen molar-refractivity contribution in [2.24, 2.45) is 5.92 Å². The van der Waals surface area contributed by atoms with Gasteiger partial charge >= 0.3 is 0 Å². The molecule has 0 bridgehead atoms. The predicted molar refractivity (Wildman–Crippen MR) is 72.8 cm³/mol. The largest absolute Gasteiger partial charge is 0.103 e. The summed E-state index contributed by atoms with van der Waals surface area (Å²) in [6.07, 6.45) is 5.58. The van der Waals surface area contributed by atoms with Crippen LogP contribution in [0.15, 0.2) is 36.9 Å². The van der Waals surface area contributed by atoms with Crippen molar-refractivity contribution in [1.29, 1.82) is 0 Å². The molecule has 0 N–H and O–H groups in total. The van der Waals surface area contributed by atoms with Gasteiger partial charge in [-0.1, -0.05) is 57.5 Å². The highest BCUT2D eigenvalue weighted by Gasteiger charge is 2.06. The molecule has 0 aliphatic rings. The maximum atomic E-state index is 3.83. The van der Waals surface area contributed by atoms with Gasteiger partial charge in [-0.3, -0.25) is 0 Å². The maximum absolute atomic E-state index is 3.83. The van der Waals surface area contributed by atoms with Gasteiger partial charge in [0.1, 0.15) is 0 Å². The lowest BCUT2D eigenvalue weighted by Gasteiger charge is -2.13. The summed E-state index contributed by atoms with van der Waals surface area (Å²) >= 11 is 0. The van der Waals surface area contributed by atoms with Gasteiger partial charge in [-0.15, -0.1) is 6.58 Å². The van der Waals surface area contributed by atoms with Crippen LogP contribution in [0, 0.1) is 5.92 Å². The van der Waals surface area contributed by atoms with Gasteiger partial charge in [0.05, 0.1) is 0 Å². The Morgan fingerprint density at radius 3 is 2.25 bits per heavy atom. The van der Waals surface area contributed by atoms with Crippen LogP contribution >= 0.6 is 0 Å². The van der Waals surface area contributed by atoms with Crippen molar-refractivity contribution in [3.8, 4) is 0 Å². The summed E-state index contributed by atoms with van der Waals surface area (Å²) in [5.41, 5.74) is 2.89. The van der Waals surface area contributed by atoms with E-state index in [1.165, 1.54) is 24.0 Å². The normalized spacial score (nSPS) is 12.8. The van der Waals surface area contributed by atoms with Crippen LogP contribution in [0.2, 0.25) is 0 Å². The topological polar surface area (TPSA) is 0 Å². The van der Waals surface area contributed by atoms with Crippen LogP contribution < -0.4 is 0 Å². The van der Waals surface area contributed by atoms with E-state index in [4.69, 9.17) is 0 Å². The first-order valence-corrected chi connectivity index (χ1v) is 6.37. The summed E-state index contributed by atoms with van der Waals surface area (Å²) in [6.45, 7) is 10.6. The molecule has 1 atom stereocenters. The molecule has 1 aromatic carbocycles. The van der Waals surface area contributed by atoms with Crippen molar-refractivity contribution in [2.45, 2.75) is 46.0 Å². The van der Waals surface area contributed by atoms with Gasteiger partial charge in [-0.25, -0.2) is 0 Å². The lowest BCUT2D eigenvalue weighted by Crippen LogP contribution is -2.02. The van der Waals surface area contributed by atoms with E-state index in [-0.39, 0.29) is 0 Å². The zero-order valence-electron chi connectivity index (χ0n) is 10.9. The summed E-state index contributed by atoms with van der Waals surface area (Å²) < 4.78 is 0. The van der Waals surface area contributed by atoms with E-state index in [1.807, 2.05) is 6.08 Å². The molecule has 0 heterocycles. The Labute approximate surface area is 100 Å². The molecular formula is C16H24. The Bertz CT molecular complexity index is 305. The second-order valence-electron chi connectivity index (χ2n) is 4.90. The first kappa shape index (κ1) is 13.0. The van der Waals surface area contributed by atoms with Crippen LogP contribution in [-0.2, 0) is 6.42 Å². The Morgan fingerprint density at radius 1 is 1.19 bits per heavy atom. The SMILES string of the molecule is C=CCC(CC)Cc1ccc(C(C)C)cc1. The average Bonchev–Trinajstić information content (AvgIpc) is 2.29. The molecule has 0 aliphatic heterocycles. The van der Waals surface area contributed by atoms with Crippen LogP contribution in [0.4, 0.5) is 0 Å². The average molecular weight is 216 g/mol. The number of rotatable bonds is 6. The second-order valence-corrected chi connectivity index (χ2v) is 4.90. The third-order valence-electron chi connectivity index (χ3n) is 3.25. The highest BCUT2D eigenvalue weighted by atomic mass is 14.1. The van der Waals surface area contributed by atoms with Crippen molar-refractivity contribution in [1.82, 2.24) is 0 Å². The van der Waals surface area contributed by atoms with Gasteiger partial charge in [0.2, 0.25) is 0 Å². The molecule has 0 heteroatoms. The van der Waals surface area contributed by atoms with Crippen molar-refractivity contribution in [3.05, 3.63) is 48.0 Å². The van der Waals surface area contributed by atoms with E-state index < -0.39 is 0 Å². The van der Waals surface area contributed by atoms with Crippen LogP contribution in [0.3, 0.4) is 0 Å². The standard InChI is InChI=1S/C16H24/c1-5-7-14(6-2)12-15-8-10-16(11-9-15)13(3)4/h5,8-11,13-14H,1,6-7,12H2,2-4H3. The third-order valence-corrected chi connectivity index (χ3v) is 3.25. The quantitative estimate of drug-likeness (QED) is 0.590. The predicted octanol–water partition coefficient (Wildman–Crippen LogP) is 4.95. The number of allylic oxidation sites excluding steroid dienone is 1. The lowest BCUT2D eigenvalue weighted by atomic mass is 9.92. The lowest BCUT2D eigenvalue weighted by molar-refractivity contribution is 0.514. The molecule has 0 nitrogen and oxygen atoms in total. The summed E-state index contributed by atoms with van der Waals surface area (Å²) in [4.78, 5) is 0. The van der Waals surface area contributed by atoms with Crippen LogP contribution in [0.5, 0.6) is 0 Å². The fourth-order valence-corrected chi connectivity index (χ4v) is 2.00. The van der Waals surface area contributed by atoms with Gasteiger partial charge in [0, 0.05) is 0 Å². The number of hydrogen-bond donors (Lipinski definition) is 0. The molecule has 16 heavy (non-hydrogen) atoms. The second kappa shape index (κ2) is 6.52. The molecule has 0 saturated heterocycles. The monoisotopic (exact) mass is 216 g/mol. The fourth-order valence-electron chi connectivity index (χ4n) is 2.00. The first-order chi connectivity index (χ1) is 7.67. The van der Waals surface area contributed by atoms with Gasteiger partial charge in [0.15, 0.2) is 0 Å². The maximum Gasteiger partial charge on any atom is -0.0219 e. The molecule has 1 aromatic rings. The van der Waals surface area contributed by atoms with Gasteiger partial charge in [0.25, 0.3) is 0 Å². The molecule has 0 saturated carbocycles. The molecule has 0 aromatic heterocycles. The molecule has 1 rings (SSSR count). The summed E-state index contributed by atoms with van der Waals surface area (Å²) in [7, 11) is 0. The highest BCUT2D eigenvalue weighted by molar-refractivity contribution is 5.25. The first-order valence-electron chi connectivity index (χ1n) is 6.37. The Kier molecular flexibility index (Phi) is 5.31. The highest BCUT2D eigenvalue weighted by Crippen LogP contribution is 2.19. The summed E-state index contributed by atoms with van der Waals surface area (Å²) in [5.74, 6) is 1.38. The van der Waals surface area contributed by atoms with E-state index in [1.54, 1.807) is 0 Å². The van der Waals surface area contributed by atoms with E-state index in [0.29, 0.717) is 5.92 Å². The minimum absolute atomic E-state index is 0.629. The summed E-state index contributed by atoms with van der Waals surface area (Å²) in [6, 6.07) is 9.09. The zero-order valence-corrected chi connectivity index (χ0v) is 10.9. The van der Waals surface area contributed by atoms with Crippen molar-refractivity contribution >= 4 is 0 Å². The minimum atomic E-state index is 0.629. The summed E-state index contributed by atoms with van der Waals surface area (Å²) in [5, 5.41) is 0. The van der Waals surface area contributed by atoms with Crippen LogP contribution in [0.1, 0.15) is 50.7 Å². The molecule has 0 fully saturated rings. The molecule has 0 aliphatic carbocycles. The third kappa shape index (κ3) is 3.84.